The molecule has 4 rings (SSSR count). The summed E-state index contributed by atoms with van der Waals surface area (Å²) in [5.74, 6) is -3.90. The molecule has 0 aliphatic rings. The number of anilines is 3. The molecular formula is C25H21ClN8O5. The molecule has 0 aliphatic heterocycles. The van der Waals surface area contributed by atoms with Crippen molar-refractivity contribution in [3.05, 3.63) is 89.2 Å². The van der Waals surface area contributed by atoms with Crippen molar-refractivity contribution >= 4 is 52.4 Å². The zero-order valence-electron chi connectivity index (χ0n) is 20.0. The van der Waals surface area contributed by atoms with Crippen LogP contribution in [0.15, 0.2) is 73.1 Å². The Balaban J connectivity index is 1.52. The summed E-state index contributed by atoms with van der Waals surface area (Å²) in [6, 6.07) is 15.5. The SMILES string of the molecule is Nc1ccc(C[C@H](NC(=O)C(=O)Nc2cc(Cl)ccc2-n2cnnn2)C(=O)Nc2ccc(C(=O)O)cc2)cc1. The van der Waals surface area contributed by atoms with Gasteiger partial charge in [-0.15, -0.1) is 5.10 Å². The molecule has 0 aliphatic carbocycles. The number of nitrogens with two attached hydrogens (primary N) is 1. The average Bonchev–Trinajstić information content (AvgIpc) is 3.44. The van der Waals surface area contributed by atoms with Crippen LogP contribution in [0.3, 0.4) is 0 Å². The van der Waals surface area contributed by atoms with Gasteiger partial charge in [0.25, 0.3) is 0 Å². The Morgan fingerprint density at radius 2 is 1.67 bits per heavy atom. The Morgan fingerprint density at radius 3 is 2.31 bits per heavy atom. The van der Waals surface area contributed by atoms with Crippen LogP contribution in [0.4, 0.5) is 17.1 Å². The molecule has 0 saturated heterocycles. The topological polar surface area (TPSA) is 194 Å². The lowest BCUT2D eigenvalue weighted by molar-refractivity contribution is -0.137. The highest BCUT2D eigenvalue weighted by molar-refractivity contribution is 6.40. The number of carbonyl (C=O) groups excluding carboxylic acids is 3. The molecule has 13 nitrogen and oxygen atoms in total. The minimum atomic E-state index is -1.18. The van der Waals surface area contributed by atoms with Crippen LogP contribution in [-0.2, 0) is 20.8 Å². The molecule has 0 saturated carbocycles. The number of nitrogens with zero attached hydrogens (tertiary/aromatic N) is 4. The Bertz CT molecular complexity index is 1510. The van der Waals surface area contributed by atoms with E-state index in [0.717, 1.165) is 0 Å². The van der Waals surface area contributed by atoms with E-state index in [1.54, 1.807) is 36.4 Å². The third-order valence-electron chi connectivity index (χ3n) is 5.45. The summed E-state index contributed by atoms with van der Waals surface area (Å²) in [5, 5.41) is 27.8. The van der Waals surface area contributed by atoms with Crippen molar-refractivity contribution in [2.45, 2.75) is 12.5 Å². The predicted octanol–water partition coefficient (Wildman–Crippen LogP) is 1.90. The number of benzene rings is 3. The van der Waals surface area contributed by atoms with Gasteiger partial charge in [-0.2, -0.15) is 4.68 Å². The second-order valence-corrected chi connectivity index (χ2v) is 8.65. The number of carboxylic acids is 1. The van der Waals surface area contributed by atoms with Gasteiger partial charge >= 0.3 is 17.8 Å². The number of carboxylic acid groups (broad SMARTS) is 1. The molecule has 1 aromatic heterocycles. The Hall–Kier alpha value is -5.30. The number of amides is 3. The number of aromatic nitrogens is 4. The number of hydrogen-bond donors (Lipinski definition) is 5. The van der Waals surface area contributed by atoms with Crippen LogP contribution in [-0.4, -0.2) is 55.0 Å². The Kier molecular flexibility index (Phi) is 8.12. The second-order valence-electron chi connectivity index (χ2n) is 8.21. The Labute approximate surface area is 226 Å². The smallest absolute Gasteiger partial charge is 0.335 e. The van der Waals surface area contributed by atoms with Gasteiger partial charge in [-0.3, -0.25) is 14.4 Å². The molecule has 0 spiro atoms. The fraction of sp³-hybridized carbons (Fsp3) is 0.0800. The number of nitrogens with one attached hydrogen (secondary N) is 3. The first-order chi connectivity index (χ1) is 18.7. The summed E-state index contributed by atoms with van der Waals surface area (Å²) < 4.78 is 1.27. The zero-order chi connectivity index (χ0) is 27.9. The predicted molar refractivity (Wildman–Crippen MR) is 141 cm³/mol. The standard InChI is InChI=1S/C25H21ClN8O5/c26-16-5-10-21(34-13-28-32-33-34)19(12-16)30-23(36)24(37)31-20(11-14-1-6-17(27)7-2-14)22(35)29-18-8-3-15(4-9-18)25(38)39/h1-10,12-13,20H,11,27H2,(H,29,35)(H,30,36)(H,31,37)(H,38,39)/t20-/m0/s1. The van der Waals surface area contributed by atoms with Gasteiger partial charge in [0.2, 0.25) is 5.91 Å². The minimum absolute atomic E-state index is 0.0331. The maximum absolute atomic E-state index is 13.1. The van der Waals surface area contributed by atoms with Crippen molar-refractivity contribution in [3.8, 4) is 5.69 Å². The monoisotopic (exact) mass is 548 g/mol. The van der Waals surface area contributed by atoms with E-state index in [0.29, 0.717) is 22.6 Å². The first-order valence-electron chi connectivity index (χ1n) is 11.3. The van der Waals surface area contributed by atoms with E-state index in [1.807, 2.05) is 0 Å². The molecule has 6 N–H and O–H groups in total. The fourth-order valence-corrected chi connectivity index (χ4v) is 3.68. The molecule has 1 atom stereocenters. The third-order valence-corrected chi connectivity index (χ3v) is 5.68. The molecular weight excluding hydrogens is 528 g/mol. The highest BCUT2D eigenvalue weighted by atomic mass is 35.5. The van der Waals surface area contributed by atoms with Gasteiger partial charge in [0.1, 0.15) is 12.4 Å². The lowest BCUT2D eigenvalue weighted by Crippen LogP contribution is -2.49. The molecule has 198 valence electrons. The highest BCUT2D eigenvalue weighted by Gasteiger charge is 2.26. The molecule has 0 unspecified atom stereocenters. The van der Waals surface area contributed by atoms with Crippen molar-refractivity contribution in [3.63, 3.8) is 0 Å². The number of carbonyl (C=O) groups is 4. The van der Waals surface area contributed by atoms with Gasteiger partial charge in [-0.25, -0.2) is 4.79 Å². The molecule has 3 amide bonds. The number of hydrogen-bond acceptors (Lipinski definition) is 8. The van der Waals surface area contributed by atoms with Crippen LogP contribution >= 0.6 is 11.6 Å². The molecule has 4 aromatic rings. The van der Waals surface area contributed by atoms with E-state index in [4.69, 9.17) is 22.4 Å². The third kappa shape index (κ3) is 6.93. The number of halogens is 1. The molecule has 14 heteroatoms. The van der Waals surface area contributed by atoms with Crippen LogP contribution < -0.4 is 21.7 Å². The molecule has 39 heavy (non-hydrogen) atoms. The van der Waals surface area contributed by atoms with E-state index in [9.17, 15) is 19.2 Å². The normalized spacial score (nSPS) is 11.3. The summed E-state index contributed by atoms with van der Waals surface area (Å²) in [6.07, 6.45) is 1.33. The van der Waals surface area contributed by atoms with Crippen molar-refractivity contribution in [2.24, 2.45) is 0 Å². The summed E-state index contributed by atoms with van der Waals surface area (Å²) >= 11 is 6.07. The van der Waals surface area contributed by atoms with E-state index in [2.05, 4.69) is 31.5 Å². The lowest BCUT2D eigenvalue weighted by Gasteiger charge is -2.19. The molecule has 0 fully saturated rings. The molecule has 0 bridgehead atoms. The van der Waals surface area contributed by atoms with Gasteiger partial charge in [0.05, 0.1) is 16.9 Å². The van der Waals surface area contributed by atoms with Gasteiger partial charge in [-0.05, 0) is 70.6 Å². The van der Waals surface area contributed by atoms with E-state index >= 15 is 0 Å². The number of aromatic carboxylic acids is 1. The van der Waals surface area contributed by atoms with Crippen LogP contribution in [0.1, 0.15) is 15.9 Å². The lowest BCUT2D eigenvalue weighted by atomic mass is 10.0. The maximum atomic E-state index is 13.1. The Morgan fingerprint density at radius 1 is 0.949 bits per heavy atom. The van der Waals surface area contributed by atoms with E-state index in [1.165, 1.54) is 41.3 Å². The van der Waals surface area contributed by atoms with Crippen molar-refractivity contribution < 1.29 is 24.3 Å². The fourth-order valence-electron chi connectivity index (χ4n) is 3.51. The zero-order valence-corrected chi connectivity index (χ0v) is 20.8. The van der Waals surface area contributed by atoms with Crippen molar-refractivity contribution in [1.29, 1.82) is 0 Å². The maximum Gasteiger partial charge on any atom is 0.335 e. The largest absolute Gasteiger partial charge is 0.478 e. The number of nitrogen functional groups attached to an aromatic ring is 1. The highest BCUT2D eigenvalue weighted by Crippen LogP contribution is 2.24. The molecule has 3 aromatic carbocycles. The summed E-state index contributed by atoms with van der Waals surface area (Å²) in [6.45, 7) is 0. The van der Waals surface area contributed by atoms with E-state index < -0.39 is 29.7 Å². The van der Waals surface area contributed by atoms with Crippen molar-refractivity contribution in [1.82, 2.24) is 25.5 Å². The second kappa shape index (κ2) is 11.8. The number of tetrazole rings is 1. The summed E-state index contributed by atoms with van der Waals surface area (Å²) in [4.78, 5) is 49.9. The van der Waals surface area contributed by atoms with Crippen LogP contribution in [0.25, 0.3) is 5.69 Å². The first-order valence-corrected chi connectivity index (χ1v) is 11.7. The van der Waals surface area contributed by atoms with Crippen LogP contribution in [0.5, 0.6) is 0 Å². The van der Waals surface area contributed by atoms with Gasteiger partial charge in [0.15, 0.2) is 0 Å². The first kappa shape index (κ1) is 26.8. The average molecular weight is 549 g/mol. The number of rotatable bonds is 8. The summed E-state index contributed by atoms with van der Waals surface area (Å²) in [5.41, 5.74) is 7.78. The van der Waals surface area contributed by atoms with Crippen LogP contribution in [0.2, 0.25) is 5.02 Å². The van der Waals surface area contributed by atoms with Gasteiger partial charge < -0.3 is 26.8 Å². The summed E-state index contributed by atoms with van der Waals surface area (Å²) in [7, 11) is 0. The minimum Gasteiger partial charge on any atom is -0.478 e. The van der Waals surface area contributed by atoms with Crippen LogP contribution in [0, 0.1) is 0 Å². The quantitative estimate of drug-likeness (QED) is 0.161. The molecule has 1 heterocycles. The van der Waals surface area contributed by atoms with E-state index in [-0.39, 0.29) is 22.7 Å². The van der Waals surface area contributed by atoms with Crippen molar-refractivity contribution in [2.75, 3.05) is 16.4 Å². The van der Waals surface area contributed by atoms with Gasteiger partial charge in [0, 0.05) is 22.8 Å². The molecule has 0 radical (unpaired) electrons. The van der Waals surface area contributed by atoms with Gasteiger partial charge in [-0.1, -0.05) is 23.7 Å².